The van der Waals surface area contributed by atoms with Crippen molar-refractivity contribution in [1.82, 2.24) is 0 Å². The van der Waals surface area contributed by atoms with Crippen LogP contribution in [0.2, 0.25) is 0 Å². The molecule has 0 heterocycles. The summed E-state index contributed by atoms with van der Waals surface area (Å²) in [4.78, 5) is 38.1. The fourth-order valence-electron chi connectivity index (χ4n) is 8.84. The average molecular weight is 906 g/mol. The molecule has 0 fully saturated rings. The van der Waals surface area contributed by atoms with Gasteiger partial charge < -0.3 is 14.2 Å². The van der Waals surface area contributed by atoms with Gasteiger partial charge >= 0.3 is 17.9 Å². The lowest BCUT2D eigenvalue weighted by molar-refractivity contribution is -0.167. The van der Waals surface area contributed by atoms with Crippen LogP contribution in [0.5, 0.6) is 0 Å². The maximum Gasteiger partial charge on any atom is 0.306 e. The van der Waals surface area contributed by atoms with E-state index < -0.39 is 6.10 Å². The SMILES string of the molecule is CCCCCCCCCCCCCCCCCCCCC(=O)OC[C@@H](COC(=O)CCCCCCCCCC(C)C)OC(=O)CCCCCCCCCCCCCCCCC(C)CC. The van der Waals surface area contributed by atoms with Gasteiger partial charge in [0.05, 0.1) is 0 Å². The van der Waals surface area contributed by atoms with Crippen molar-refractivity contribution in [3.05, 3.63) is 0 Å². The molecule has 0 amide bonds. The van der Waals surface area contributed by atoms with E-state index in [0.717, 1.165) is 69.6 Å². The number of carbonyl (C=O) groups is 3. The maximum absolute atomic E-state index is 12.8. The smallest absolute Gasteiger partial charge is 0.306 e. The maximum atomic E-state index is 12.8. The molecule has 0 bridgehead atoms. The van der Waals surface area contributed by atoms with E-state index >= 15 is 0 Å². The third-order valence-electron chi connectivity index (χ3n) is 13.6. The monoisotopic (exact) mass is 905 g/mol. The van der Waals surface area contributed by atoms with Crippen LogP contribution in [0.4, 0.5) is 0 Å². The summed E-state index contributed by atoms with van der Waals surface area (Å²) in [5, 5.41) is 0. The summed E-state index contributed by atoms with van der Waals surface area (Å²) in [6.45, 7) is 11.4. The van der Waals surface area contributed by atoms with Crippen LogP contribution in [0.3, 0.4) is 0 Å². The zero-order chi connectivity index (χ0) is 46.8. The lowest BCUT2D eigenvalue weighted by Crippen LogP contribution is -2.30. The molecule has 0 aliphatic heterocycles. The highest BCUT2D eigenvalue weighted by atomic mass is 16.6. The fourth-order valence-corrected chi connectivity index (χ4v) is 8.84. The van der Waals surface area contributed by atoms with Crippen molar-refractivity contribution in [2.24, 2.45) is 11.8 Å². The first kappa shape index (κ1) is 62.4. The third-order valence-corrected chi connectivity index (χ3v) is 13.6. The molecule has 0 spiro atoms. The van der Waals surface area contributed by atoms with E-state index in [1.165, 1.54) is 212 Å². The van der Waals surface area contributed by atoms with E-state index in [9.17, 15) is 14.4 Å². The summed E-state index contributed by atoms with van der Waals surface area (Å²) >= 11 is 0. The van der Waals surface area contributed by atoms with E-state index in [2.05, 4.69) is 34.6 Å². The van der Waals surface area contributed by atoms with Crippen LogP contribution >= 0.6 is 0 Å². The zero-order valence-electron chi connectivity index (χ0n) is 43.9. The Hall–Kier alpha value is -1.59. The van der Waals surface area contributed by atoms with E-state index in [1.807, 2.05) is 0 Å². The first-order valence-corrected chi connectivity index (χ1v) is 28.8. The quantitative estimate of drug-likeness (QED) is 0.0344. The molecular formula is C58H112O6. The zero-order valence-corrected chi connectivity index (χ0v) is 43.9. The summed E-state index contributed by atoms with van der Waals surface area (Å²) in [6, 6.07) is 0. The average Bonchev–Trinajstić information content (AvgIpc) is 3.28. The van der Waals surface area contributed by atoms with Gasteiger partial charge in [-0.15, -0.1) is 0 Å². The van der Waals surface area contributed by atoms with Gasteiger partial charge in [-0.25, -0.2) is 0 Å². The molecule has 0 aliphatic carbocycles. The number of ether oxygens (including phenoxy) is 3. The standard InChI is InChI=1S/C58H112O6/c1-6-8-9-10-11-12-13-14-15-16-17-18-22-25-28-33-38-43-48-56(59)62-51-55(52-63-57(60)49-44-39-35-30-31-36-41-46-53(3)4)64-58(61)50-45-40-34-29-26-23-20-19-21-24-27-32-37-42-47-54(5)7-2/h53-55H,6-52H2,1-5H3/t54?,55-/m0/s1. The molecule has 0 aromatic heterocycles. The van der Waals surface area contributed by atoms with Crippen LogP contribution in [0.25, 0.3) is 0 Å². The number of hydrogen-bond donors (Lipinski definition) is 0. The van der Waals surface area contributed by atoms with Crippen molar-refractivity contribution in [3.63, 3.8) is 0 Å². The number of hydrogen-bond acceptors (Lipinski definition) is 6. The molecule has 0 aromatic rings. The molecule has 6 nitrogen and oxygen atoms in total. The van der Waals surface area contributed by atoms with Crippen molar-refractivity contribution in [2.45, 2.75) is 330 Å². The lowest BCUT2D eigenvalue weighted by Gasteiger charge is -2.18. The Kier molecular flexibility index (Phi) is 49.6. The van der Waals surface area contributed by atoms with Gasteiger partial charge in [0.1, 0.15) is 13.2 Å². The second kappa shape index (κ2) is 50.8. The molecule has 0 saturated heterocycles. The third kappa shape index (κ3) is 49.8. The molecule has 1 unspecified atom stereocenters. The highest BCUT2D eigenvalue weighted by Gasteiger charge is 2.19. The molecular weight excluding hydrogens is 793 g/mol. The minimum absolute atomic E-state index is 0.0634. The Balaban J connectivity index is 4.24. The highest BCUT2D eigenvalue weighted by Crippen LogP contribution is 2.18. The van der Waals surface area contributed by atoms with Crippen molar-refractivity contribution in [3.8, 4) is 0 Å². The summed E-state index contributed by atoms with van der Waals surface area (Å²) in [7, 11) is 0. The Labute approximate surface area is 399 Å². The Morgan fingerprint density at radius 1 is 0.328 bits per heavy atom. The molecule has 6 heteroatoms. The van der Waals surface area contributed by atoms with Crippen molar-refractivity contribution >= 4 is 17.9 Å². The fraction of sp³-hybridized carbons (Fsp3) is 0.948. The molecule has 0 aromatic carbocycles. The van der Waals surface area contributed by atoms with Crippen LogP contribution in [0.15, 0.2) is 0 Å². The van der Waals surface area contributed by atoms with E-state index in [4.69, 9.17) is 14.2 Å². The van der Waals surface area contributed by atoms with Crippen molar-refractivity contribution < 1.29 is 28.6 Å². The van der Waals surface area contributed by atoms with E-state index in [-0.39, 0.29) is 31.1 Å². The van der Waals surface area contributed by atoms with E-state index in [0.29, 0.717) is 19.3 Å². The van der Waals surface area contributed by atoms with Gasteiger partial charge in [0.25, 0.3) is 0 Å². The van der Waals surface area contributed by atoms with Crippen LogP contribution < -0.4 is 0 Å². The first-order valence-electron chi connectivity index (χ1n) is 28.8. The first-order chi connectivity index (χ1) is 31.3. The number of carbonyl (C=O) groups excluding carboxylic acids is 3. The van der Waals surface area contributed by atoms with Gasteiger partial charge in [0.2, 0.25) is 0 Å². The lowest BCUT2D eigenvalue weighted by atomic mass is 9.99. The van der Waals surface area contributed by atoms with Crippen LogP contribution in [0, 0.1) is 11.8 Å². The van der Waals surface area contributed by atoms with Gasteiger partial charge in [-0.3, -0.25) is 14.4 Å². The summed E-state index contributed by atoms with van der Waals surface area (Å²) in [5.74, 6) is 0.832. The van der Waals surface area contributed by atoms with Crippen LogP contribution in [-0.2, 0) is 28.6 Å². The molecule has 0 rings (SSSR count). The molecule has 0 radical (unpaired) electrons. The largest absolute Gasteiger partial charge is 0.462 e. The number of esters is 3. The van der Waals surface area contributed by atoms with Crippen LogP contribution in [0.1, 0.15) is 324 Å². The Morgan fingerprint density at radius 3 is 0.891 bits per heavy atom. The minimum atomic E-state index is -0.763. The predicted octanol–water partition coefficient (Wildman–Crippen LogP) is 18.9. The van der Waals surface area contributed by atoms with E-state index in [1.54, 1.807) is 0 Å². The topological polar surface area (TPSA) is 78.9 Å². The molecule has 0 N–H and O–H groups in total. The molecule has 64 heavy (non-hydrogen) atoms. The Morgan fingerprint density at radius 2 is 0.594 bits per heavy atom. The van der Waals surface area contributed by atoms with Gasteiger partial charge in [0, 0.05) is 19.3 Å². The number of unbranched alkanes of at least 4 members (excludes halogenated alkanes) is 36. The number of rotatable bonds is 52. The molecule has 380 valence electrons. The normalized spacial score (nSPS) is 12.5. The second-order valence-electron chi connectivity index (χ2n) is 20.6. The summed E-state index contributed by atoms with van der Waals surface area (Å²) in [5.41, 5.74) is 0. The minimum Gasteiger partial charge on any atom is -0.462 e. The molecule has 2 atom stereocenters. The predicted molar refractivity (Wildman–Crippen MR) is 275 cm³/mol. The molecule has 0 aliphatic rings. The summed E-state index contributed by atoms with van der Waals surface area (Å²) < 4.78 is 16.9. The second-order valence-corrected chi connectivity index (χ2v) is 20.6. The van der Waals surface area contributed by atoms with Crippen molar-refractivity contribution in [1.29, 1.82) is 0 Å². The van der Waals surface area contributed by atoms with Crippen LogP contribution in [-0.4, -0.2) is 37.2 Å². The van der Waals surface area contributed by atoms with Gasteiger partial charge in [-0.2, -0.15) is 0 Å². The van der Waals surface area contributed by atoms with Crippen molar-refractivity contribution in [2.75, 3.05) is 13.2 Å². The highest BCUT2D eigenvalue weighted by molar-refractivity contribution is 5.71. The van der Waals surface area contributed by atoms with Gasteiger partial charge in [-0.05, 0) is 31.1 Å². The van der Waals surface area contributed by atoms with Gasteiger partial charge in [-0.1, -0.05) is 285 Å². The summed E-state index contributed by atoms with van der Waals surface area (Å²) in [6.07, 6.45) is 53.8. The molecule has 0 saturated carbocycles. The Bertz CT molecular complexity index is 980. The van der Waals surface area contributed by atoms with Gasteiger partial charge in [0.15, 0.2) is 6.10 Å².